The van der Waals surface area contributed by atoms with E-state index in [0.717, 1.165) is 12.0 Å². The zero-order valence-electron chi connectivity index (χ0n) is 11.7. The molecule has 2 nitrogen and oxygen atoms in total. The van der Waals surface area contributed by atoms with Gasteiger partial charge in [0.05, 0.1) is 6.61 Å². The standard InChI is InChI=1S/C16H24FNO/c1-2-14(18)10-13-8-5-9-15(17)16(13)19-11-12-6-3-4-7-12/h5,8-9,12,14H,2-4,6-7,10-11,18H2,1H3. The van der Waals surface area contributed by atoms with Gasteiger partial charge in [-0.2, -0.15) is 0 Å². The average Bonchev–Trinajstić information content (AvgIpc) is 2.91. The van der Waals surface area contributed by atoms with Crippen LogP contribution in [0.4, 0.5) is 4.39 Å². The van der Waals surface area contributed by atoms with Crippen molar-refractivity contribution < 1.29 is 9.13 Å². The summed E-state index contributed by atoms with van der Waals surface area (Å²) in [6, 6.07) is 5.18. The normalized spacial score (nSPS) is 17.6. The van der Waals surface area contributed by atoms with Crippen LogP contribution in [-0.2, 0) is 6.42 Å². The Balaban J connectivity index is 2.03. The Hall–Kier alpha value is -1.09. The lowest BCUT2D eigenvalue weighted by atomic mass is 10.0. The number of nitrogens with two attached hydrogens (primary N) is 1. The molecule has 1 fully saturated rings. The molecular weight excluding hydrogens is 241 g/mol. The SMILES string of the molecule is CCC(N)Cc1cccc(F)c1OCC1CCCC1. The first-order valence-corrected chi connectivity index (χ1v) is 7.36. The van der Waals surface area contributed by atoms with Gasteiger partial charge in [-0.15, -0.1) is 0 Å². The van der Waals surface area contributed by atoms with Gasteiger partial charge in [-0.3, -0.25) is 0 Å². The van der Waals surface area contributed by atoms with E-state index >= 15 is 0 Å². The molecule has 0 aliphatic heterocycles. The highest BCUT2D eigenvalue weighted by atomic mass is 19.1. The smallest absolute Gasteiger partial charge is 0.165 e. The first kappa shape index (κ1) is 14.3. The van der Waals surface area contributed by atoms with Gasteiger partial charge >= 0.3 is 0 Å². The highest BCUT2D eigenvalue weighted by Gasteiger charge is 2.18. The topological polar surface area (TPSA) is 35.2 Å². The molecule has 1 atom stereocenters. The van der Waals surface area contributed by atoms with E-state index in [0.29, 0.717) is 24.7 Å². The molecule has 0 heterocycles. The zero-order chi connectivity index (χ0) is 13.7. The van der Waals surface area contributed by atoms with E-state index in [9.17, 15) is 4.39 Å². The maximum Gasteiger partial charge on any atom is 0.165 e. The monoisotopic (exact) mass is 265 g/mol. The number of benzene rings is 1. The van der Waals surface area contributed by atoms with Crippen molar-refractivity contribution in [1.82, 2.24) is 0 Å². The van der Waals surface area contributed by atoms with Gasteiger partial charge in [-0.1, -0.05) is 31.9 Å². The maximum absolute atomic E-state index is 13.9. The molecule has 1 aromatic rings. The van der Waals surface area contributed by atoms with Gasteiger partial charge in [0.2, 0.25) is 0 Å². The van der Waals surface area contributed by atoms with Gasteiger partial charge in [-0.05, 0) is 43.2 Å². The minimum atomic E-state index is -0.265. The lowest BCUT2D eigenvalue weighted by molar-refractivity contribution is 0.239. The molecule has 1 saturated carbocycles. The zero-order valence-corrected chi connectivity index (χ0v) is 11.7. The van der Waals surface area contributed by atoms with Crippen LogP contribution in [0.5, 0.6) is 5.75 Å². The molecule has 2 rings (SSSR count). The number of ether oxygens (including phenoxy) is 1. The van der Waals surface area contributed by atoms with E-state index in [1.807, 2.05) is 13.0 Å². The quantitative estimate of drug-likeness (QED) is 0.851. The highest BCUT2D eigenvalue weighted by molar-refractivity contribution is 5.35. The van der Waals surface area contributed by atoms with E-state index in [-0.39, 0.29) is 11.9 Å². The fraction of sp³-hybridized carbons (Fsp3) is 0.625. The summed E-state index contributed by atoms with van der Waals surface area (Å²) in [7, 11) is 0. The molecule has 0 aromatic heterocycles. The fourth-order valence-corrected chi connectivity index (χ4v) is 2.68. The number of para-hydroxylation sites is 1. The van der Waals surface area contributed by atoms with Crippen LogP contribution in [0.1, 0.15) is 44.6 Å². The van der Waals surface area contributed by atoms with Crippen molar-refractivity contribution >= 4 is 0 Å². The van der Waals surface area contributed by atoms with Crippen LogP contribution in [0.3, 0.4) is 0 Å². The Morgan fingerprint density at radius 1 is 1.37 bits per heavy atom. The lowest BCUT2D eigenvalue weighted by Crippen LogP contribution is -2.22. The van der Waals surface area contributed by atoms with Crippen molar-refractivity contribution in [1.29, 1.82) is 0 Å². The Morgan fingerprint density at radius 3 is 2.79 bits per heavy atom. The van der Waals surface area contributed by atoms with E-state index in [2.05, 4.69) is 0 Å². The number of hydrogen-bond acceptors (Lipinski definition) is 2. The molecule has 1 aliphatic rings. The summed E-state index contributed by atoms with van der Waals surface area (Å²) in [5.74, 6) is 0.740. The number of hydrogen-bond donors (Lipinski definition) is 1. The van der Waals surface area contributed by atoms with Gasteiger partial charge in [0.1, 0.15) is 0 Å². The number of halogens is 1. The van der Waals surface area contributed by atoms with Crippen molar-refractivity contribution in [2.75, 3.05) is 6.61 Å². The van der Waals surface area contributed by atoms with Crippen LogP contribution in [0.15, 0.2) is 18.2 Å². The van der Waals surface area contributed by atoms with E-state index in [4.69, 9.17) is 10.5 Å². The molecule has 0 saturated heterocycles. The van der Waals surface area contributed by atoms with Crippen molar-refractivity contribution in [2.45, 2.75) is 51.5 Å². The molecule has 1 aliphatic carbocycles. The Labute approximate surface area is 115 Å². The van der Waals surface area contributed by atoms with E-state index in [1.54, 1.807) is 6.07 Å². The van der Waals surface area contributed by atoms with Crippen LogP contribution in [0.2, 0.25) is 0 Å². The van der Waals surface area contributed by atoms with Crippen LogP contribution < -0.4 is 10.5 Å². The number of rotatable bonds is 6. The average molecular weight is 265 g/mol. The second-order valence-electron chi connectivity index (χ2n) is 5.56. The first-order chi connectivity index (χ1) is 9.20. The van der Waals surface area contributed by atoms with E-state index < -0.39 is 0 Å². The van der Waals surface area contributed by atoms with Crippen LogP contribution >= 0.6 is 0 Å². The summed E-state index contributed by atoms with van der Waals surface area (Å²) < 4.78 is 19.7. The molecule has 2 N–H and O–H groups in total. The largest absolute Gasteiger partial charge is 0.490 e. The maximum atomic E-state index is 13.9. The third-order valence-electron chi connectivity index (χ3n) is 3.99. The summed E-state index contributed by atoms with van der Waals surface area (Å²) >= 11 is 0. The third kappa shape index (κ3) is 3.93. The molecule has 0 spiro atoms. The van der Waals surface area contributed by atoms with Crippen molar-refractivity contribution in [3.05, 3.63) is 29.6 Å². The molecule has 0 amide bonds. The molecular formula is C16H24FNO. The van der Waals surface area contributed by atoms with Gasteiger partial charge in [0.25, 0.3) is 0 Å². The minimum absolute atomic E-state index is 0.0654. The molecule has 0 bridgehead atoms. The van der Waals surface area contributed by atoms with Gasteiger partial charge in [0.15, 0.2) is 11.6 Å². The Kier molecular flexibility index (Phi) is 5.20. The fourth-order valence-electron chi connectivity index (χ4n) is 2.68. The van der Waals surface area contributed by atoms with Crippen LogP contribution in [0, 0.1) is 11.7 Å². The van der Waals surface area contributed by atoms with Gasteiger partial charge in [-0.25, -0.2) is 4.39 Å². The summed E-state index contributed by atoms with van der Waals surface area (Å²) in [5.41, 5.74) is 6.86. The summed E-state index contributed by atoms with van der Waals surface area (Å²) in [5, 5.41) is 0. The summed E-state index contributed by atoms with van der Waals surface area (Å²) in [4.78, 5) is 0. The second-order valence-corrected chi connectivity index (χ2v) is 5.56. The molecule has 0 radical (unpaired) electrons. The van der Waals surface area contributed by atoms with Crippen molar-refractivity contribution in [2.24, 2.45) is 11.7 Å². The molecule has 1 aromatic carbocycles. The van der Waals surface area contributed by atoms with Crippen molar-refractivity contribution in [3.8, 4) is 5.75 Å². The Morgan fingerprint density at radius 2 is 2.11 bits per heavy atom. The summed E-state index contributed by atoms with van der Waals surface area (Å²) in [6.07, 6.45) is 6.53. The summed E-state index contributed by atoms with van der Waals surface area (Å²) in [6.45, 7) is 2.68. The molecule has 1 unspecified atom stereocenters. The van der Waals surface area contributed by atoms with E-state index in [1.165, 1.54) is 31.7 Å². The first-order valence-electron chi connectivity index (χ1n) is 7.36. The Bertz CT molecular complexity index is 402. The lowest BCUT2D eigenvalue weighted by Gasteiger charge is -2.17. The predicted molar refractivity (Wildman–Crippen MR) is 75.8 cm³/mol. The van der Waals surface area contributed by atoms with Crippen LogP contribution in [-0.4, -0.2) is 12.6 Å². The van der Waals surface area contributed by atoms with Crippen molar-refractivity contribution in [3.63, 3.8) is 0 Å². The van der Waals surface area contributed by atoms with Gasteiger partial charge < -0.3 is 10.5 Å². The van der Waals surface area contributed by atoms with Gasteiger partial charge in [0, 0.05) is 6.04 Å². The molecule has 106 valence electrons. The molecule has 19 heavy (non-hydrogen) atoms. The molecule has 3 heteroatoms. The predicted octanol–water partition coefficient (Wildman–Crippen LogP) is 3.67. The highest BCUT2D eigenvalue weighted by Crippen LogP contribution is 2.28. The minimum Gasteiger partial charge on any atom is -0.490 e. The second kappa shape index (κ2) is 6.90. The third-order valence-corrected chi connectivity index (χ3v) is 3.99. The van der Waals surface area contributed by atoms with Crippen LogP contribution in [0.25, 0.3) is 0 Å².